The van der Waals surface area contributed by atoms with Crippen molar-refractivity contribution < 1.29 is 14.3 Å². The van der Waals surface area contributed by atoms with Gasteiger partial charge in [0.25, 0.3) is 5.91 Å². The van der Waals surface area contributed by atoms with Crippen LogP contribution in [0.3, 0.4) is 0 Å². The molecule has 0 aliphatic carbocycles. The maximum atomic E-state index is 12.5. The van der Waals surface area contributed by atoms with Crippen LogP contribution < -0.4 is 10.6 Å². The number of hydrogen-bond acceptors (Lipinski definition) is 6. The fraction of sp³-hybridized carbons (Fsp3) is 0.0667. The lowest BCUT2D eigenvalue weighted by atomic mass is 10.0. The van der Waals surface area contributed by atoms with Gasteiger partial charge in [-0.1, -0.05) is 54.6 Å². The zero-order chi connectivity index (χ0) is 25.6. The first-order chi connectivity index (χ1) is 18.1. The highest BCUT2D eigenvalue weighted by atomic mass is 16.5. The fourth-order valence-electron chi connectivity index (χ4n) is 3.95. The van der Waals surface area contributed by atoms with E-state index in [0.29, 0.717) is 29.2 Å². The molecular formula is C30H24N4O3. The molecule has 5 aromatic rings. The van der Waals surface area contributed by atoms with E-state index in [-0.39, 0.29) is 11.9 Å². The second kappa shape index (κ2) is 10.7. The van der Waals surface area contributed by atoms with Gasteiger partial charge in [-0.2, -0.15) is 0 Å². The van der Waals surface area contributed by atoms with Gasteiger partial charge in [-0.25, -0.2) is 4.79 Å². The molecule has 0 spiro atoms. The molecule has 4 aromatic carbocycles. The number of anilines is 3. The lowest BCUT2D eigenvalue weighted by Crippen LogP contribution is -2.11. The predicted molar refractivity (Wildman–Crippen MR) is 145 cm³/mol. The van der Waals surface area contributed by atoms with Crippen LogP contribution in [0.5, 0.6) is 0 Å². The number of rotatable bonds is 7. The minimum Gasteiger partial charge on any atom is -0.462 e. The van der Waals surface area contributed by atoms with Gasteiger partial charge in [0.05, 0.1) is 12.2 Å². The van der Waals surface area contributed by atoms with E-state index in [2.05, 4.69) is 20.8 Å². The van der Waals surface area contributed by atoms with Crippen molar-refractivity contribution in [2.45, 2.75) is 6.92 Å². The van der Waals surface area contributed by atoms with E-state index in [1.165, 1.54) is 0 Å². The molecule has 0 atom stereocenters. The number of hydrogen-bond donors (Lipinski definition) is 2. The summed E-state index contributed by atoms with van der Waals surface area (Å²) in [4.78, 5) is 24.5. The van der Waals surface area contributed by atoms with Crippen LogP contribution >= 0.6 is 0 Å². The molecule has 1 amide bonds. The Hall–Kier alpha value is -5.04. The van der Waals surface area contributed by atoms with E-state index in [4.69, 9.17) is 4.74 Å². The van der Waals surface area contributed by atoms with Gasteiger partial charge in [0.1, 0.15) is 5.69 Å². The third-order valence-corrected chi connectivity index (χ3v) is 5.80. The number of amides is 1. The zero-order valence-corrected chi connectivity index (χ0v) is 20.1. The summed E-state index contributed by atoms with van der Waals surface area (Å²) >= 11 is 0. The van der Waals surface area contributed by atoms with Crippen LogP contribution in [0.4, 0.5) is 17.2 Å². The maximum Gasteiger partial charge on any atom is 0.338 e. The standard InChI is InChI=1S/C30H24N4O3/c1-2-37-30(36)22-14-12-20(13-15-22)27-25-10-6-7-11-26(25)28(34-33-27)31-24-18-16-21(17-19-24)29(35)32-23-8-4-3-5-9-23/h3-19H,2H2,1H3,(H,31,34)(H,32,35). The van der Waals surface area contributed by atoms with Crippen molar-refractivity contribution in [3.05, 3.63) is 114 Å². The van der Waals surface area contributed by atoms with Crippen LogP contribution in [0.2, 0.25) is 0 Å². The molecular weight excluding hydrogens is 464 g/mol. The average molecular weight is 489 g/mol. The Morgan fingerprint density at radius 1 is 0.703 bits per heavy atom. The van der Waals surface area contributed by atoms with Crippen molar-refractivity contribution in [3.8, 4) is 11.3 Å². The fourth-order valence-corrected chi connectivity index (χ4v) is 3.95. The van der Waals surface area contributed by atoms with E-state index in [1.807, 2.05) is 78.9 Å². The number of fused-ring (bicyclic) bond motifs is 1. The second-order valence-electron chi connectivity index (χ2n) is 8.26. The summed E-state index contributed by atoms with van der Waals surface area (Å²) in [5.74, 6) is 0.0680. The van der Waals surface area contributed by atoms with Gasteiger partial charge in [-0.05, 0) is 55.5 Å². The highest BCUT2D eigenvalue weighted by Gasteiger charge is 2.13. The Bertz CT molecular complexity index is 1550. The van der Waals surface area contributed by atoms with Crippen molar-refractivity contribution in [3.63, 3.8) is 0 Å². The number of aromatic nitrogens is 2. The Labute approximate surface area is 214 Å². The van der Waals surface area contributed by atoms with Crippen molar-refractivity contribution in [2.24, 2.45) is 0 Å². The van der Waals surface area contributed by atoms with Gasteiger partial charge in [0.2, 0.25) is 0 Å². The van der Waals surface area contributed by atoms with E-state index in [0.717, 1.165) is 27.7 Å². The van der Waals surface area contributed by atoms with E-state index in [1.54, 1.807) is 31.2 Å². The monoisotopic (exact) mass is 488 g/mol. The molecule has 37 heavy (non-hydrogen) atoms. The average Bonchev–Trinajstić information content (AvgIpc) is 2.94. The van der Waals surface area contributed by atoms with Crippen molar-refractivity contribution in [1.82, 2.24) is 10.2 Å². The number of nitrogens with zero attached hydrogens (tertiary/aromatic N) is 2. The molecule has 7 heteroatoms. The summed E-state index contributed by atoms with van der Waals surface area (Å²) in [6.07, 6.45) is 0. The highest BCUT2D eigenvalue weighted by molar-refractivity contribution is 6.05. The molecule has 5 rings (SSSR count). The Kier molecular flexibility index (Phi) is 6.85. The molecule has 1 heterocycles. The Morgan fingerprint density at radius 3 is 2.05 bits per heavy atom. The van der Waals surface area contributed by atoms with Gasteiger partial charge in [0.15, 0.2) is 5.82 Å². The highest BCUT2D eigenvalue weighted by Crippen LogP contribution is 2.31. The third-order valence-electron chi connectivity index (χ3n) is 5.80. The van der Waals surface area contributed by atoms with Crippen LogP contribution in [0.25, 0.3) is 22.0 Å². The molecule has 7 nitrogen and oxygen atoms in total. The van der Waals surface area contributed by atoms with Gasteiger partial charge in [-0.3, -0.25) is 4.79 Å². The largest absolute Gasteiger partial charge is 0.462 e. The van der Waals surface area contributed by atoms with Gasteiger partial charge < -0.3 is 15.4 Å². The van der Waals surface area contributed by atoms with Gasteiger partial charge >= 0.3 is 5.97 Å². The van der Waals surface area contributed by atoms with Gasteiger partial charge in [-0.15, -0.1) is 10.2 Å². The number of esters is 1. The zero-order valence-electron chi connectivity index (χ0n) is 20.1. The molecule has 0 bridgehead atoms. The topological polar surface area (TPSA) is 93.2 Å². The van der Waals surface area contributed by atoms with Crippen LogP contribution in [0.15, 0.2) is 103 Å². The van der Waals surface area contributed by atoms with E-state index < -0.39 is 0 Å². The van der Waals surface area contributed by atoms with Crippen molar-refractivity contribution in [1.29, 1.82) is 0 Å². The summed E-state index contributed by atoms with van der Waals surface area (Å²) < 4.78 is 5.07. The first-order valence-corrected chi connectivity index (χ1v) is 11.9. The van der Waals surface area contributed by atoms with Crippen molar-refractivity contribution >= 4 is 39.8 Å². The number of carbonyl (C=O) groups excluding carboxylic acids is 2. The summed E-state index contributed by atoms with van der Waals surface area (Å²) in [5, 5.41) is 16.9. The SMILES string of the molecule is CCOC(=O)c1ccc(-c2nnc(Nc3ccc(C(=O)Nc4ccccc4)cc3)c3ccccc23)cc1. The second-order valence-corrected chi connectivity index (χ2v) is 8.26. The molecule has 0 fully saturated rings. The number of ether oxygens (including phenoxy) is 1. The maximum absolute atomic E-state index is 12.5. The number of benzene rings is 4. The lowest BCUT2D eigenvalue weighted by Gasteiger charge is -2.12. The number of nitrogens with one attached hydrogen (secondary N) is 2. The normalized spacial score (nSPS) is 10.6. The summed E-state index contributed by atoms with van der Waals surface area (Å²) in [6, 6.07) is 31.5. The Balaban J connectivity index is 1.37. The van der Waals surface area contributed by atoms with Gasteiger partial charge in [0, 0.05) is 33.3 Å². The predicted octanol–water partition coefficient (Wildman–Crippen LogP) is 6.47. The quantitative estimate of drug-likeness (QED) is 0.255. The molecule has 1 aromatic heterocycles. The smallest absolute Gasteiger partial charge is 0.338 e. The summed E-state index contributed by atoms with van der Waals surface area (Å²) in [7, 11) is 0. The van der Waals surface area contributed by atoms with Crippen LogP contribution in [-0.4, -0.2) is 28.7 Å². The molecule has 0 saturated heterocycles. The number of carbonyl (C=O) groups is 2. The molecule has 0 aliphatic heterocycles. The summed E-state index contributed by atoms with van der Waals surface area (Å²) in [5.41, 5.74) is 4.12. The molecule has 0 aliphatic rings. The molecule has 0 radical (unpaired) electrons. The minimum atomic E-state index is -0.354. The van der Waals surface area contributed by atoms with E-state index >= 15 is 0 Å². The molecule has 0 unspecified atom stereocenters. The van der Waals surface area contributed by atoms with E-state index in [9.17, 15) is 9.59 Å². The Morgan fingerprint density at radius 2 is 1.35 bits per heavy atom. The third kappa shape index (κ3) is 5.31. The number of para-hydroxylation sites is 1. The molecule has 2 N–H and O–H groups in total. The molecule has 0 saturated carbocycles. The first kappa shape index (κ1) is 23.7. The van der Waals surface area contributed by atoms with Crippen LogP contribution in [0.1, 0.15) is 27.6 Å². The lowest BCUT2D eigenvalue weighted by molar-refractivity contribution is 0.0526. The van der Waals surface area contributed by atoms with Crippen molar-refractivity contribution in [2.75, 3.05) is 17.2 Å². The van der Waals surface area contributed by atoms with Crippen LogP contribution in [0, 0.1) is 0 Å². The minimum absolute atomic E-state index is 0.179. The first-order valence-electron chi connectivity index (χ1n) is 11.9. The molecule has 182 valence electrons. The van der Waals surface area contributed by atoms with Crippen LogP contribution in [-0.2, 0) is 4.74 Å². The summed E-state index contributed by atoms with van der Waals surface area (Å²) in [6.45, 7) is 2.11.